The summed E-state index contributed by atoms with van der Waals surface area (Å²) < 4.78 is 19.8. The molecular weight excluding hydrogens is 910 g/mol. The van der Waals surface area contributed by atoms with Gasteiger partial charge in [-0.25, -0.2) is 9.37 Å². The van der Waals surface area contributed by atoms with Gasteiger partial charge in [-0.3, -0.25) is 53.5 Å². The summed E-state index contributed by atoms with van der Waals surface area (Å²) in [5.74, 6) is -0.219. The number of pyridine rings is 2. The van der Waals surface area contributed by atoms with E-state index in [-0.39, 0.29) is 35.4 Å². The van der Waals surface area contributed by atoms with Gasteiger partial charge in [-0.15, -0.1) is 0 Å². The topological polar surface area (TPSA) is 145 Å². The van der Waals surface area contributed by atoms with Crippen LogP contribution in [0.5, 0.6) is 0 Å². The lowest BCUT2D eigenvalue weighted by Crippen LogP contribution is -2.55. The molecule has 1 unspecified atom stereocenters. The number of hydrogen-bond donors (Lipinski definition) is 2. The van der Waals surface area contributed by atoms with E-state index in [4.69, 9.17) is 0 Å². The average Bonchev–Trinajstić information content (AvgIpc) is 3.77. The zero-order chi connectivity index (χ0) is 50.6. The van der Waals surface area contributed by atoms with Gasteiger partial charge in [0.15, 0.2) is 5.78 Å². The number of carbonyl (C=O) groups is 4. The Balaban J connectivity index is 0.691. The molecule has 0 bridgehead atoms. The first-order chi connectivity index (χ1) is 34.6. The lowest BCUT2D eigenvalue weighted by Gasteiger charge is -2.42. The third-order valence-electron chi connectivity index (χ3n) is 16.5. The van der Waals surface area contributed by atoms with Gasteiger partial charge in [-0.2, -0.15) is 0 Å². The monoisotopic (exact) mass is 978 g/mol. The Morgan fingerprint density at radius 2 is 1.68 bits per heavy atom. The molecule has 378 valence electrons. The second-order valence-electron chi connectivity index (χ2n) is 21.7. The smallest absolute Gasteiger partial charge is 0.257 e. The van der Waals surface area contributed by atoms with Gasteiger partial charge >= 0.3 is 0 Å². The SMILES string of the molecule is CNc1ccn(-c2ccnc3c2cc(CN2CC=C(c4c(C)cc(C(=O)CC5CCC(CN6CCN(Cc7ccc8c(c7)C(C)(C)C(=O)N8C7CCC(=O)NC7=O)C[C@@H]6C)CC5)cc4F)CC2)n3C)c(=O)c1. The molecular formula is C57H68FN9O5. The molecule has 3 aromatic heterocycles. The Kier molecular flexibility index (Phi) is 13.7. The van der Waals surface area contributed by atoms with Crippen LogP contribution in [0.25, 0.3) is 22.3 Å². The molecule has 3 fully saturated rings. The van der Waals surface area contributed by atoms with Crippen LogP contribution in [-0.2, 0) is 39.9 Å². The van der Waals surface area contributed by atoms with E-state index in [0.717, 1.165) is 121 Å². The van der Waals surface area contributed by atoms with Crippen LogP contribution in [0.4, 0.5) is 15.8 Å². The number of anilines is 2. The van der Waals surface area contributed by atoms with Crippen molar-refractivity contribution in [2.24, 2.45) is 18.9 Å². The Morgan fingerprint density at radius 1 is 0.889 bits per heavy atom. The second kappa shape index (κ2) is 20.0. The van der Waals surface area contributed by atoms with Crippen molar-refractivity contribution < 1.29 is 23.6 Å². The van der Waals surface area contributed by atoms with Crippen molar-refractivity contribution in [2.45, 2.75) is 110 Å². The van der Waals surface area contributed by atoms with E-state index in [9.17, 15) is 24.0 Å². The molecule has 2 aromatic carbocycles. The summed E-state index contributed by atoms with van der Waals surface area (Å²) in [5, 5.41) is 6.33. The van der Waals surface area contributed by atoms with Gasteiger partial charge in [-0.1, -0.05) is 18.2 Å². The number of piperazine rings is 1. The molecule has 5 aromatic rings. The quantitative estimate of drug-likeness (QED) is 0.0899. The summed E-state index contributed by atoms with van der Waals surface area (Å²) in [6.45, 7) is 14.9. The zero-order valence-electron chi connectivity index (χ0n) is 42.6. The number of Topliss-reactive ketones (excluding diaryl/α,β-unsaturated/α-hetero) is 1. The molecule has 7 heterocycles. The van der Waals surface area contributed by atoms with Gasteiger partial charge in [0, 0.05) is 137 Å². The molecule has 15 heteroatoms. The number of rotatable bonds is 13. The molecule has 2 atom stereocenters. The third-order valence-corrected chi connectivity index (χ3v) is 16.5. The van der Waals surface area contributed by atoms with Crippen molar-refractivity contribution in [3.8, 4) is 5.69 Å². The van der Waals surface area contributed by atoms with Crippen LogP contribution in [0, 0.1) is 24.6 Å². The van der Waals surface area contributed by atoms with E-state index in [0.29, 0.717) is 61.4 Å². The number of aryl methyl sites for hydroxylation is 2. The fourth-order valence-corrected chi connectivity index (χ4v) is 12.3. The summed E-state index contributed by atoms with van der Waals surface area (Å²) in [5.41, 5.74) is 8.21. The fourth-order valence-electron chi connectivity index (χ4n) is 12.3. The number of benzene rings is 2. The summed E-state index contributed by atoms with van der Waals surface area (Å²) >= 11 is 0. The summed E-state index contributed by atoms with van der Waals surface area (Å²) in [6, 6.07) is 16.7. The number of ketones is 1. The van der Waals surface area contributed by atoms with Gasteiger partial charge in [0.1, 0.15) is 17.5 Å². The number of hydrogen-bond acceptors (Lipinski definition) is 10. The van der Waals surface area contributed by atoms with Crippen molar-refractivity contribution in [3.05, 3.63) is 123 Å². The van der Waals surface area contributed by atoms with Gasteiger partial charge in [0.05, 0.1) is 11.1 Å². The van der Waals surface area contributed by atoms with E-state index in [1.54, 1.807) is 35.0 Å². The van der Waals surface area contributed by atoms with Crippen molar-refractivity contribution in [3.63, 3.8) is 0 Å². The van der Waals surface area contributed by atoms with Crippen LogP contribution in [0.2, 0.25) is 0 Å². The second-order valence-corrected chi connectivity index (χ2v) is 21.7. The Morgan fingerprint density at radius 3 is 2.39 bits per heavy atom. The molecule has 1 saturated carbocycles. The number of amides is 3. The molecule has 72 heavy (non-hydrogen) atoms. The highest BCUT2D eigenvalue weighted by Gasteiger charge is 2.49. The first kappa shape index (κ1) is 49.3. The molecule has 14 nitrogen and oxygen atoms in total. The Labute approximate surface area is 421 Å². The molecule has 4 aliphatic heterocycles. The molecule has 2 N–H and O–H groups in total. The molecule has 2 saturated heterocycles. The number of piperidine rings is 1. The zero-order valence-corrected chi connectivity index (χ0v) is 42.6. The van der Waals surface area contributed by atoms with E-state index in [1.807, 2.05) is 52.1 Å². The van der Waals surface area contributed by atoms with Crippen molar-refractivity contribution in [2.75, 3.05) is 56.5 Å². The van der Waals surface area contributed by atoms with E-state index in [2.05, 4.69) is 66.1 Å². The van der Waals surface area contributed by atoms with Crippen LogP contribution < -0.4 is 21.1 Å². The highest BCUT2D eigenvalue weighted by Crippen LogP contribution is 2.44. The van der Waals surface area contributed by atoms with Crippen LogP contribution in [0.1, 0.15) is 110 Å². The van der Waals surface area contributed by atoms with Crippen molar-refractivity contribution in [1.82, 2.24) is 34.1 Å². The van der Waals surface area contributed by atoms with Crippen LogP contribution in [0.15, 0.2) is 77.9 Å². The predicted molar refractivity (Wildman–Crippen MR) is 279 cm³/mol. The number of aromatic nitrogens is 3. The largest absolute Gasteiger partial charge is 0.388 e. The van der Waals surface area contributed by atoms with E-state index >= 15 is 4.39 Å². The summed E-state index contributed by atoms with van der Waals surface area (Å²) in [6.07, 6.45) is 11.5. The van der Waals surface area contributed by atoms with Gasteiger partial charge in [0.2, 0.25) is 17.7 Å². The van der Waals surface area contributed by atoms with Gasteiger partial charge in [-0.05, 0) is 137 Å². The highest BCUT2D eigenvalue weighted by atomic mass is 19.1. The maximum Gasteiger partial charge on any atom is 0.257 e. The van der Waals surface area contributed by atoms with Crippen LogP contribution >= 0.6 is 0 Å². The lowest BCUT2D eigenvalue weighted by atomic mass is 9.78. The van der Waals surface area contributed by atoms with Crippen LogP contribution in [0.3, 0.4) is 0 Å². The number of carbonyl (C=O) groups excluding carboxylic acids is 4. The summed E-state index contributed by atoms with van der Waals surface area (Å²) in [4.78, 5) is 78.6. The average molecular weight is 978 g/mol. The van der Waals surface area contributed by atoms with Crippen molar-refractivity contribution >= 4 is 51.5 Å². The maximum atomic E-state index is 16.0. The normalized spacial score (nSPS) is 23.1. The lowest BCUT2D eigenvalue weighted by molar-refractivity contribution is -0.136. The predicted octanol–water partition coefficient (Wildman–Crippen LogP) is 7.52. The van der Waals surface area contributed by atoms with Crippen LogP contribution in [-0.4, -0.2) is 111 Å². The molecule has 3 amide bonds. The summed E-state index contributed by atoms with van der Waals surface area (Å²) in [7, 11) is 3.79. The number of nitrogens with zero attached hydrogens (tertiary/aromatic N) is 7. The minimum Gasteiger partial charge on any atom is -0.388 e. The number of halogens is 1. The highest BCUT2D eigenvalue weighted by molar-refractivity contribution is 6.13. The standard InChI is InChI=1S/C57H68FN9O5/c1-35-25-41(28-46(58)53(35)40-16-20-63(21-17-40)34-43-30-44-47(15-19-60-54(44)62(43)6)66-22-18-42(59-5)29-52(66)70)50(68)27-37-7-9-38(10-8-37)33-65-24-23-64(31-36(65)2)32-39-11-12-48-45(26-39)57(3,4)56(72)67(48)49-13-14-51(69)61-55(49)71/h11-12,15-16,18-19,22,25-26,28-30,36-38,49,59H,7-10,13-14,17,20-21,23-24,27,31-34H2,1-6H3,(H,61,69,71)/t36-,37?,38?,49?/m0/s1. The Hall–Kier alpha value is -6.29. The van der Waals surface area contributed by atoms with E-state index < -0.39 is 17.4 Å². The molecule has 10 rings (SSSR count). The Bertz CT molecular complexity index is 3030. The molecule has 0 radical (unpaired) electrons. The van der Waals surface area contributed by atoms with Crippen molar-refractivity contribution in [1.29, 1.82) is 0 Å². The molecule has 5 aliphatic rings. The fraction of sp³-hybridized carbons (Fsp3) is 0.474. The first-order valence-corrected chi connectivity index (χ1v) is 25.9. The number of imide groups is 1. The first-order valence-electron chi connectivity index (χ1n) is 25.9. The van der Waals surface area contributed by atoms with E-state index in [1.165, 1.54) is 6.07 Å². The number of fused-ring (bicyclic) bond motifs is 2. The number of nitrogens with one attached hydrogen (secondary N) is 2. The third kappa shape index (κ3) is 9.58. The minimum absolute atomic E-state index is 0.0261. The minimum atomic E-state index is -0.771. The molecule has 1 aliphatic carbocycles. The molecule has 0 spiro atoms. The van der Waals surface area contributed by atoms with Gasteiger partial charge in [0.25, 0.3) is 5.56 Å². The van der Waals surface area contributed by atoms with Gasteiger partial charge < -0.3 is 9.88 Å². The maximum absolute atomic E-state index is 16.0.